The predicted molar refractivity (Wildman–Crippen MR) is 77.4 cm³/mol. The zero-order valence-corrected chi connectivity index (χ0v) is 11.0. The normalized spacial score (nSPS) is 10.7. The Morgan fingerprint density at radius 2 is 1.80 bits per heavy atom. The molecule has 20 heavy (non-hydrogen) atoms. The van der Waals surface area contributed by atoms with Crippen LogP contribution in [0.15, 0.2) is 53.5 Å². The first-order valence-electron chi connectivity index (χ1n) is 6.06. The number of rotatable bonds is 5. The number of aliphatic imine (C=N–C) groups is 1. The average Bonchev–Trinajstić information content (AvgIpc) is 2.48. The Kier molecular flexibility index (Phi) is 4.44. The van der Waals surface area contributed by atoms with Gasteiger partial charge in [-0.1, -0.05) is 12.1 Å². The molecule has 5 nitrogen and oxygen atoms in total. The number of benzene rings is 2. The van der Waals surface area contributed by atoms with Gasteiger partial charge in [-0.25, -0.2) is 0 Å². The third-order valence-corrected chi connectivity index (χ3v) is 2.78. The Morgan fingerprint density at radius 1 is 1.15 bits per heavy atom. The minimum atomic E-state index is -0.412. The summed E-state index contributed by atoms with van der Waals surface area (Å²) in [6, 6.07) is 14.0. The van der Waals surface area contributed by atoms with Gasteiger partial charge in [0, 0.05) is 18.3 Å². The summed E-state index contributed by atoms with van der Waals surface area (Å²) in [5, 5.41) is 10.5. The average molecular weight is 270 g/mol. The molecule has 0 N–H and O–H groups in total. The molecule has 0 bridgehead atoms. The van der Waals surface area contributed by atoms with Crippen molar-refractivity contribution in [2.75, 3.05) is 7.11 Å². The van der Waals surface area contributed by atoms with Gasteiger partial charge >= 0.3 is 0 Å². The topological polar surface area (TPSA) is 64.7 Å². The van der Waals surface area contributed by atoms with Crippen molar-refractivity contribution in [3.05, 3.63) is 69.8 Å². The van der Waals surface area contributed by atoms with Crippen molar-refractivity contribution in [1.29, 1.82) is 0 Å². The monoisotopic (exact) mass is 270 g/mol. The molecule has 0 fully saturated rings. The quantitative estimate of drug-likeness (QED) is 0.476. The van der Waals surface area contributed by atoms with Crippen LogP contribution in [0.3, 0.4) is 0 Å². The highest BCUT2D eigenvalue weighted by Gasteiger charge is 2.02. The van der Waals surface area contributed by atoms with Crippen molar-refractivity contribution in [3.8, 4) is 5.75 Å². The van der Waals surface area contributed by atoms with Crippen molar-refractivity contribution in [1.82, 2.24) is 0 Å². The standard InChI is InChI=1S/C15H14N2O3/c1-20-15-8-4-13(5-9-15)11-16-10-12-2-6-14(7-3-12)17(18)19/h2-9,11H,10H2,1H3/b16-11+. The number of nitro groups is 1. The maximum Gasteiger partial charge on any atom is 0.269 e. The van der Waals surface area contributed by atoms with E-state index in [0.29, 0.717) is 6.54 Å². The van der Waals surface area contributed by atoms with E-state index in [1.807, 2.05) is 24.3 Å². The summed E-state index contributed by atoms with van der Waals surface area (Å²) in [6.07, 6.45) is 1.76. The van der Waals surface area contributed by atoms with Crippen molar-refractivity contribution < 1.29 is 9.66 Å². The van der Waals surface area contributed by atoms with Crippen LogP contribution in [0.1, 0.15) is 11.1 Å². The van der Waals surface area contributed by atoms with Crippen LogP contribution in [0, 0.1) is 10.1 Å². The number of nitrogens with zero attached hydrogens (tertiary/aromatic N) is 2. The van der Waals surface area contributed by atoms with Crippen molar-refractivity contribution in [2.45, 2.75) is 6.54 Å². The maximum atomic E-state index is 10.5. The first-order chi connectivity index (χ1) is 9.69. The smallest absolute Gasteiger partial charge is 0.269 e. The summed E-state index contributed by atoms with van der Waals surface area (Å²) in [5.74, 6) is 0.803. The Morgan fingerprint density at radius 3 is 2.35 bits per heavy atom. The van der Waals surface area contributed by atoms with Crippen LogP contribution in [-0.4, -0.2) is 18.2 Å². The molecule has 2 rings (SSSR count). The van der Waals surface area contributed by atoms with Gasteiger partial charge in [0.05, 0.1) is 18.6 Å². The molecule has 0 aliphatic heterocycles. The summed E-state index contributed by atoms with van der Waals surface area (Å²) in [4.78, 5) is 14.4. The molecular formula is C15H14N2O3. The van der Waals surface area contributed by atoms with Crippen LogP contribution in [0.2, 0.25) is 0 Å². The van der Waals surface area contributed by atoms with Crippen LogP contribution in [0.5, 0.6) is 5.75 Å². The number of non-ortho nitro benzene ring substituents is 1. The second kappa shape index (κ2) is 6.47. The molecule has 5 heteroatoms. The SMILES string of the molecule is COc1ccc(/C=N/Cc2ccc([N+](=O)[O-])cc2)cc1. The number of hydrogen-bond acceptors (Lipinski definition) is 4. The first-order valence-corrected chi connectivity index (χ1v) is 6.06. The van der Waals surface area contributed by atoms with E-state index in [1.54, 1.807) is 25.5 Å². The van der Waals surface area contributed by atoms with E-state index in [1.165, 1.54) is 12.1 Å². The van der Waals surface area contributed by atoms with Crippen molar-refractivity contribution >= 4 is 11.9 Å². The van der Waals surface area contributed by atoms with Gasteiger partial charge in [0.25, 0.3) is 5.69 Å². The lowest BCUT2D eigenvalue weighted by Crippen LogP contribution is -1.89. The predicted octanol–water partition coefficient (Wildman–Crippen LogP) is 3.22. The van der Waals surface area contributed by atoms with E-state index >= 15 is 0 Å². The second-order valence-electron chi connectivity index (χ2n) is 4.17. The molecule has 0 aliphatic carbocycles. The summed E-state index contributed by atoms with van der Waals surface area (Å²) in [7, 11) is 1.62. The zero-order chi connectivity index (χ0) is 14.4. The Hall–Kier alpha value is -2.69. The van der Waals surface area contributed by atoms with Gasteiger partial charge < -0.3 is 4.74 Å². The van der Waals surface area contributed by atoms with E-state index in [-0.39, 0.29) is 5.69 Å². The largest absolute Gasteiger partial charge is 0.497 e. The maximum absolute atomic E-state index is 10.5. The summed E-state index contributed by atoms with van der Waals surface area (Å²) >= 11 is 0. The molecule has 102 valence electrons. The lowest BCUT2D eigenvalue weighted by Gasteiger charge is -1.99. The molecular weight excluding hydrogens is 256 g/mol. The highest BCUT2D eigenvalue weighted by molar-refractivity contribution is 5.79. The van der Waals surface area contributed by atoms with E-state index in [2.05, 4.69) is 4.99 Å². The molecule has 0 amide bonds. The van der Waals surface area contributed by atoms with Crippen molar-refractivity contribution in [2.24, 2.45) is 4.99 Å². The van der Waals surface area contributed by atoms with Crippen LogP contribution in [0.25, 0.3) is 0 Å². The van der Waals surface area contributed by atoms with Crippen LogP contribution in [0.4, 0.5) is 5.69 Å². The van der Waals surface area contributed by atoms with Crippen molar-refractivity contribution in [3.63, 3.8) is 0 Å². The number of nitro benzene ring substituents is 1. The fourth-order valence-corrected chi connectivity index (χ4v) is 1.67. The third-order valence-electron chi connectivity index (χ3n) is 2.78. The van der Waals surface area contributed by atoms with Gasteiger partial charge in [-0.2, -0.15) is 0 Å². The molecule has 2 aromatic carbocycles. The number of ether oxygens (including phenoxy) is 1. The first kappa shape index (κ1) is 13.7. The fraction of sp³-hybridized carbons (Fsp3) is 0.133. The van der Waals surface area contributed by atoms with Gasteiger partial charge in [0.2, 0.25) is 0 Å². The summed E-state index contributed by atoms with van der Waals surface area (Å²) < 4.78 is 5.07. The highest BCUT2D eigenvalue weighted by Crippen LogP contribution is 2.13. The minimum absolute atomic E-state index is 0.0906. The molecule has 0 saturated heterocycles. The fourth-order valence-electron chi connectivity index (χ4n) is 1.67. The zero-order valence-electron chi connectivity index (χ0n) is 11.0. The van der Waals surface area contributed by atoms with Gasteiger partial charge in [-0.15, -0.1) is 0 Å². The number of hydrogen-bond donors (Lipinski definition) is 0. The summed E-state index contributed by atoms with van der Waals surface area (Å²) in [5.41, 5.74) is 2.00. The Labute approximate surface area is 116 Å². The molecule has 0 radical (unpaired) electrons. The Bertz CT molecular complexity index is 604. The third kappa shape index (κ3) is 3.65. The lowest BCUT2D eigenvalue weighted by molar-refractivity contribution is -0.384. The van der Waals surface area contributed by atoms with E-state index in [4.69, 9.17) is 4.74 Å². The molecule has 0 atom stereocenters. The van der Waals surface area contributed by atoms with Crippen LogP contribution < -0.4 is 4.74 Å². The molecule has 2 aromatic rings. The van der Waals surface area contributed by atoms with Crippen LogP contribution >= 0.6 is 0 Å². The summed E-state index contributed by atoms with van der Waals surface area (Å²) in [6.45, 7) is 0.490. The van der Waals surface area contributed by atoms with Gasteiger partial charge in [-0.05, 0) is 35.4 Å². The highest BCUT2D eigenvalue weighted by atomic mass is 16.6. The Balaban J connectivity index is 1.96. The van der Waals surface area contributed by atoms with E-state index in [0.717, 1.165) is 16.9 Å². The molecule has 0 aromatic heterocycles. The number of methoxy groups -OCH3 is 1. The van der Waals surface area contributed by atoms with Crippen LogP contribution in [-0.2, 0) is 6.54 Å². The molecule has 0 saturated carbocycles. The molecule has 0 unspecified atom stereocenters. The lowest BCUT2D eigenvalue weighted by atomic mass is 10.2. The van der Waals surface area contributed by atoms with Gasteiger partial charge in [-0.3, -0.25) is 15.1 Å². The second-order valence-corrected chi connectivity index (χ2v) is 4.17. The molecule has 0 spiro atoms. The van der Waals surface area contributed by atoms with E-state index in [9.17, 15) is 10.1 Å². The van der Waals surface area contributed by atoms with E-state index < -0.39 is 4.92 Å². The van der Waals surface area contributed by atoms with Gasteiger partial charge in [0.15, 0.2) is 0 Å². The molecule has 0 heterocycles. The minimum Gasteiger partial charge on any atom is -0.497 e. The van der Waals surface area contributed by atoms with Gasteiger partial charge in [0.1, 0.15) is 5.75 Å². The molecule has 0 aliphatic rings.